The van der Waals surface area contributed by atoms with Gasteiger partial charge in [0, 0.05) is 12.6 Å². The number of unbranched alkanes of at least 4 members (excludes halogenated alkanes) is 1. The van der Waals surface area contributed by atoms with Gasteiger partial charge in [-0.1, -0.05) is 43.7 Å². The molecular formula is C21H30N4O3. The van der Waals surface area contributed by atoms with Gasteiger partial charge < -0.3 is 20.5 Å². The highest BCUT2D eigenvalue weighted by Gasteiger charge is 2.19. The molecule has 1 heterocycles. The molecule has 2 rings (SSSR count). The first kappa shape index (κ1) is 21.3. The molecule has 7 nitrogen and oxygen atoms in total. The van der Waals surface area contributed by atoms with E-state index in [9.17, 15) is 4.79 Å². The maximum atomic E-state index is 12.2. The van der Waals surface area contributed by atoms with Crippen molar-refractivity contribution in [2.45, 2.75) is 52.7 Å². The predicted molar refractivity (Wildman–Crippen MR) is 113 cm³/mol. The number of hydrogen-bond donors (Lipinski definition) is 3. The highest BCUT2D eigenvalue weighted by Crippen LogP contribution is 2.31. The van der Waals surface area contributed by atoms with Crippen LogP contribution in [0, 0.1) is 0 Å². The number of ether oxygens (including phenoxy) is 2. The first-order chi connectivity index (χ1) is 13.3. The second kappa shape index (κ2) is 9.82. The second-order valence-corrected chi connectivity index (χ2v) is 7.44. The van der Waals surface area contributed by atoms with Crippen LogP contribution in [0.25, 0.3) is 0 Å². The molecule has 0 aliphatic heterocycles. The average Bonchev–Trinajstić information content (AvgIpc) is 2.62. The number of carbonyl (C=O) groups excluding carboxylic acids is 1. The fraction of sp³-hybridized carbons (Fsp3) is 0.429. The zero-order chi connectivity index (χ0) is 20.6. The molecule has 1 aromatic carbocycles. The lowest BCUT2D eigenvalue weighted by molar-refractivity contribution is 0.0635. The first-order valence-corrected chi connectivity index (χ1v) is 9.49. The Balaban J connectivity index is 2.21. The van der Waals surface area contributed by atoms with E-state index in [1.807, 2.05) is 30.3 Å². The number of amides is 1. The van der Waals surface area contributed by atoms with Crippen molar-refractivity contribution >= 4 is 23.3 Å². The van der Waals surface area contributed by atoms with Crippen molar-refractivity contribution in [3.05, 3.63) is 42.0 Å². The summed E-state index contributed by atoms with van der Waals surface area (Å²) in [5.74, 6) is 0.600. The smallest absolute Gasteiger partial charge is 0.413 e. The van der Waals surface area contributed by atoms with E-state index in [1.165, 1.54) is 0 Å². The van der Waals surface area contributed by atoms with Gasteiger partial charge in [-0.05, 0) is 32.8 Å². The van der Waals surface area contributed by atoms with Crippen molar-refractivity contribution in [2.24, 2.45) is 0 Å². The van der Waals surface area contributed by atoms with Crippen LogP contribution < -0.4 is 21.1 Å². The minimum Gasteiger partial charge on any atom is -0.478 e. The molecule has 7 heteroatoms. The summed E-state index contributed by atoms with van der Waals surface area (Å²) in [6, 6.07) is 11.7. The van der Waals surface area contributed by atoms with Gasteiger partial charge in [0.15, 0.2) is 5.82 Å². The summed E-state index contributed by atoms with van der Waals surface area (Å²) in [6.45, 7) is 8.58. The van der Waals surface area contributed by atoms with Gasteiger partial charge in [0.1, 0.15) is 5.60 Å². The zero-order valence-electron chi connectivity index (χ0n) is 17.0. The molecule has 0 unspecified atom stereocenters. The Labute approximate surface area is 166 Å². The molecule has 0 aliphatic carbocycles. The van der Waals surface area contributed by atoms with E-state index in [0.717, 1.165) is 18.4 Å². The van der Waals surface area contributed by atoms with Crippen LogP contribution in [0.1, 0.15) is 46.1 Å². The molecule has 0 saturated carbocycles. The van der Waals surface area contributed by atoms with E-state index in [2.05, 4.69) is 22.5 Å². The molecule has 1 amide bonds. The summed E-state index contributed by atoms with van der Waals surface area (Å²) < 4.78 is 11.0. The zero-order valence-corrected chi connectivity index (χ0v) is 17.0. The lowest BCUT2D eigenvalue weighted by Gasteiger charge is -2.20. The molecular weight excluding hydrogens is 356 g/mol. The van der Waals surface area contributed by atoms with Crippen molar-refractivity contribution in [1.82, 2.24) is 4.98 Å². The number of rotatable bonds is 8. The van der Waals surface area contributed by atoms with Gasteiger partial charge in [0.2, 0.25) is 5.88 Å². The first-order valence-electron chi connectivity index (χ1n) is 9.49. The Morgan fingerprint density at radius 2 is 1.93 bits per heavy atom. The number of aromatic nitrogens is 1. The lowest BCUT2D eigenvalue weighted by atomic mass is 10.2. The van der Waals surface area contributed by atoms with E-state index in [0.29, 0.717) is 30.4 Å². The summed E-state index contributed by atoms with van der Waals surface area (Å²) in [5.41, 5.74) is 7.67. The van der Waals surface area contributed by atoms with Crippen molar-refractivity contribution < 1.29 is 14.3 Å². The maximum absolute atomic E-state index is 12.2. The number of benzene rings is 1. The summed E-state index contributed by atoms with van der Waals surface area (Å²) in [5, 5.41) is 5.90. The molecule has 152 valence electrons. The topological polar surface area (TPSA) is 98.5 Å². The average molecular weight is 386 g/mol. The van der Waals surface area contributed by atoms with Crippen LogP contribution >= 0.6 is 0 Å². The molecule has 28 heavy (non-hydrogen) atoms. The molecule has 2 aromatic rings. The fourth-order valence-electron chi connectivity index (χ4n) is 2.36. The highest BCUT2D eigenvalue weighted by molar-refractivity contribution is 5.91. The highest BCUT2D eigenvalue weighted by atomic mass is 16.6. The lowest BCUT2D eigenvalue weighted by Crippen LogP contribution is -2.28. The molecule has 0 saturated heterocycles. The number of nitrogens with two attached hydrogens (primary N) is 1. The summed E-state index contributed by atoms with van der Waals surface area (Å²) in [4.78, 5) is 16.5. The standard InChI is InChI=1S/C21H30N4O3/c1-5-6-12-27-17-13-16(23-14-15-10-8-7-9-11-15)18(22)19(24-17)25-20(26)28-21(2,3)4/h7-11,13H,5-6,12,14,22H2,1-4H3,(H2,23,24,25,26). The van der Waals surface area contributed by atoms with Gasteiger partial charge in [-0.3, -0.25) is 5.32 Å². The number of pyridine rings is 1. The van der Waals surface area contributed by atoms with Crippen molar-refractivity contribution in [1.29, 1.82) is 0 Å². The number of hydrogen-bond acceptors (Lipinski definition) is 6. The summed E-state index contributed by atoms with van der Waals surface area (Å²) in [7, 11) is 0. The van der Waals surface area contributed by atoms with E-state index in [1.54, 1.807) is 26.8 Å². The molecule has 0 atom stereocenters. The van der Waals surface area contributed by atoms with Crippen LogP contribution in [-0.2, 0) is 11.3 Å². The van der Waals surface area contributed by atoms with Gasteiger partial charge in [-0.25, -0.2) is 4.79 Å². The third kappa shape index (κ3) is 6.98. The number of nitrogen functional groups attached to an aromatic ring is 1. The van der Waals surface area contributed by atoms with E-state index in [4.69, 9.17) is 15.2 Å². The molecule has 0 bridgehead atoms. The normalized spacial score (nSPS) is 11.0. The molecule has 0 fully saturated rings. The quantitative estimate of drug-likeness (QED) is 0.564. The Bertz CT molecular complexity index is 773. The number of nitrogens with one attached hydrogen (secondary N) is 2. The van der Waals surface area contributed by atoms with Gasteiger partial charge in [0.05, 0.1) is 18.0 Å². The van der Waals surface area contributed by atoms with Crippen LogP contribution in [0.2, 0.25) is 0 Å². The molecule has 0 spiro atoms. The molecule has 0 radical (unpaired) electrons. The van der Waals surface area contributed by atoms with Crippen LogP contribution in [0.5, 0.6) is 5.88 Å². The van der Waals surface area contributed by atoms with Gasteiger partial charge in [-0.2, -0.15) is 4.98 Å². The number of nitrogens with zero attached hydrogens (tertiary/aromatic N) is 1. The maximum Gasteiger partial charge on any atom is 0.413 e. The molecule has 4 N–H and O–H groups in total. The minimum atomic E-state index is -0.623. The minimum absolute atomic E-state index is 0.207. The second-order valence-electron chi connectivity index (χ2n) is 7.44. The summed E-state index contributed by atoms with van der Waals surface area (Å²) >= 11 is 0. The molecule has 0 aliphatic rings. The van der Waals surface area contributed by atoms with Crippen LogP contribution in [0.15, 0.2) is 36.4 Å². The Kier molecular flexibility index (Phi) is 7.49. The third-order valence-corrected chi connectivity index (χ3v) is 3.73. The monoisotopic (exact) mass is 386 g/mol. The SMILES string of the molecule is CCCCOc1cc(NCc2ccccc2)c(N)c(NC(=O)OC(C)(C)C)n1. The largest absolute Gasteiger partial charge is 0.478 e. The van der Waals surface area contributed by atoms with E-state index < -0.39 is 11.7 Å². The van der Waals surface area contributed by atoms with E-state index in [-0.39, 0.29) is 5.82 Å². The Morgan fingerprint density at radius 3 is 2.57 bits per heavy atom. The van der Waals surface area contributed by atoms with Gasteiger partial charge in [0.25, 0.3) is 0 Å². The fourth-order valence-corrected chi connectivity index (χ4v) is 2.36. The summed E-state index contributed by atoms with van der Waals surface area (Å²) in [6.07, 6.45) is 1.30. The van der Waals surface area contributed by atoms with Crippen molar-refractivity contribution in [3.63, 3.8) is 0 Å². The van der Waals surface area contributed by atoms with Crippen LogP contribution in [-0.4, -0.2) is 23.3 Å². The number of anilines is 3. The Hall–Kier alpha value is -2.96. The van der Waals surface area contributed by atoms with Gasteiger partial charge >= 0.3 is 6.09 Å². The van der Waals surface area contributed by atoms with Gasteiger partial charge in [-0.15, -0.1) is 0 Å². The molecule has 1 aromatic heterocycles. The van der Waals surface area contributed by atoms with Crippen molar-refractivity contribution in [2.75, 3.05) is 23.0 Å². The Morgan fingerprint density at radius 1 is 1.21 bits per heavy atom. The van der Waals surface area contributed by atoms with Crippen LogP contribution in [0.3, 0.4) is 0 Å². The predicted octanol–water partition coefficient (Wildman–Crippen LogP) is 4.80. The van der Waals surface area contributed by atoms with Crippen LogP contribution in [0.4, 0.5) is 22.0 Å². The number of carbonyl (C=O) groups is 1. The van der Waals surface area contributed by atoms with Crippen molar-refractivity contribution in [3.8, 4) is 5.88 Å². The van der Waals surface area contributed by atoms with E-state index >= 15 is 0 Å². The third-order valence-electron chi connectivity index (χ3n) is 3.73.